The van der Waals surface area contributed by atoms with Gasteiger partial charge in [-0.25, -0.2) is 9.07 Å². The first-order valence-corrected chi connectivity index (χ1v) is 9.99. The molecule has 0 amide bonds. The van der Waals surface area contributed by atoms with Crippen LogP contribution in [0.3, 0.4) is 0 Å². The van der Waals surface area contributed by atoms with Crippen molar-refractivity contribution in [2.24, 2.45) is 0 Å². The van der Waals surface area contributed by atoms with E-state index in [1.54, 1.807) is 10.7 Å². The molecule has 3 nitrogen and oxygen atoms in total. The van der Waals surface area contributed by atoms with Crippen molar-refractivity contribution in [1.82, 2.24) is 15.0 Å². The lowest BCUT2D eigenvalue weighted by Crippen LogP contribution is -2.40. The summed E-state index contributed by atoms with van der Waals surface area (Å²) in [6, 6.07) is 4.91. The van der Waals surface area contributed by atoms with Gasteiger partial charge in [0.1, 0.15) is 13.9 Å². The fraction of sp³-hybridized carbons (Fsp3) is 0.333. The van der Waals surface area contributed by atoms with Gasteiger partial charge in [0.2, 0.25) is 0 Å². The first kappa shape index (κ1) is 13.4. The number of halogens is 2. The molecule has 0 bridgehead atoms. The minimum absolute atomic E-state index is 0.294. The van der Waals surface area contributed by atoms with Gasteiger partial charge in [0.25, 0.3) is 0 Å². The molecule has 0 aliphatic rings. The van der Waals surface area contributed by atoms with Gasteiger partial charge in [0, 0.05) is 0 Å². The van der Waals surface area contributed by atoms with Crippen molar-refractivity contribution in [3.05, 3.63) is 34.2 Å². The molecule has 6 heteroatoms. The lowest BCUT2D eigenvalue weighted by Gasteiger charge is -2.13. The van der Waals surface area contributed by atoms with Crippen molar-refractivity contribution >= 4 is 29.3 Å². The van der Waals surface area contributed by atoms with E-state index in [1.807, 2.05) is 13.0 Å². The van der Waals surface area contributed by atoms with Gasteiger partial charge in [0.15, 0.2) is 0 Å². The van der Waals surface area contributed by atoms with E-state index in [2.05, 4.69) is 45.9 Å². The van der Waals surface area contributed by atoms with Crippen LogP contribution in [0.4, 0.5) is 4.39 Å². The summed E-state index contributed by atoms with van der Waals surface area (Å²) >= 11 is 3.26. The van der Waals surface area contributed by atoms with E-state index in [0.717, 1.165) is 11.0 Å². The van der Waals surface area contributed by atoms with Crippen molar-refractivity contribution in [2.45, 2.75) is 26.6 Å². The summed E-state index contributed by atoms with van der Waals surface area (Å²) in [7, 11) is -1.52. The Kier molecular flexibility index (Phi) is 3.42. The number of hydrogen-bond acceptors (Lipinski definition) is 2. The molecule has 96 valence electrons. The zero-order valence-corrected chi connectivity index (χ0v) is 13.4. The van der Waals surface area contributed by atoms with Gasteiger partial charge in [0.05, 0.1) is 21.2 Å². The van der Waals surface area contributed by atoms with Gasteiger partial charge >= 0.3 is 0 Å². The predicted octanol–water partition coefficient (Wildman–Crippen LogP) is 3.02. The first-order valence-electron chi connectivity index (χ1n) is 5.69. The molecular formula is C12H15BrFN3Si. The average Bonchev–Trinajstić information content (AvgIpc) is 2.64. The Hall–Kier alpha value is -1.01. The second-order valence-electron chi connectivity index (χ2n) is 5.26. The molecule has 0 saturated carbocycles. The van der Waals surface area contributed by atoms with E-state index in [9.17, 15) is 4.39 Å². The van der Waals surface area contributed by atoms with E-state index in [1.165, 1.54) is 6.07 Å². The molecule has 0 aliphatic carbocycles. The lowest BCUT2D eigenvalue weighted by atomic mass is 10.3. The van der Waals surface area contributed by atoms with E-state index >= 15 is 0 Å². The number of hydrogen-bond donors (Lipinski definition) is 0. The van der Waals surface area contributed by atoms with Crippen LogP contribution in [-0.2, 0) is 0 Å². The predicted molar refractivity (Wildman–Crippen MR) is 76.7 cm³/mol. The van der Waals surface area contributed by atoms with Crippen LogP contribution in [0, 0.1) is 12.7 Å². The van der Waals surface area contributed by atoms with Crippen molar-refractivity contribution in [3.63, 3.8) is 0 Å². The van der Waals surface area contributed by atoms with Crippen LogP contribution in [0.1, 0.15) is 5.69 Å². The molecule has 0 saturated heterocycles. The smallest absolute Gasteiger partial charge is 0.139 e. The molecule has 0 radical (unpaired) electrons. The highest BCUT2D eigenvalue weighted by Gasteiger charge is 2.25. The van der Waals surface area contributed by atoms with Crippen LogP contribution >= 0.6 is 15.9 Å². The highest BCUT2D eigenvalue weighted by Crippen LogP contribution is 2.24. The van der Waals surface area contributed by atoms with Gasteiger partial charge in [-0.1, -0.05) is 30.9 Å². The molecule has 0 spiro atoms. The molecule has 0 atom stereocenters. The molecule has 2 rings (SSSR count). The minimum Gasteiger partial charge on any atom is -0.217 e. The summed E-state index contributed by atoms with van der Waals surface area (Å²) in [5, 5.41) is 9.48. The highest BCUT2D eigenvalue weighted by atomic mass is 79.9. The summed E-state index contributed by atoms with van der Waals surface area (Å²) in [6.45, 7) is 8.63. The Morgan fingerprint density at radius 1 is 1.28 bits per heavy atom. The van der Waals surface area contributed by atoms with Gasteiger partial charge in [-0.3, -0.25) is 0 Å². The van der Waals surface area contributed by atoms with Crippen LogP contribution in [-0.4, -0.2) is 23.1 Å². The summed E-state index contributed by atoms with van der Waals surface area (Å²) in [6.07, 6.45) is 0. The molecule has 0 fully saturated rings. The summed E-state index contributed by atoms with van der Waals surface area (Å²) in [5.74, 6) is -0.294. The summed E-state index contributed by atoms with van der Waals surface area (Å²) in [5.41, 5.74) is 1.67. The fourth-order valence-corrected chi connectivity index (χ4v) is 3.88. The maximum absolute atomic E-state index is 13.5. The SMILES string of the molecule is Cc1c([Si](C)(C)C)nnn1-c1cccc(F)c1Br. The van der Waals surface area contributed by atoms with E-state index in [4.69, 9.17) is 0 Å². The third-order valence-corrected chi connectivity index (χ3v) is 5.43. The molecular weight excluding hydrogens is 313 g/mol. The maximum atomic E-state index is 13.5. The third-order valence-electron chi connectivity index (χ3n) is 2.76. The number of nitrogens with zero attached hydrogens (tertiary/aromatic N) is 3. The Morgan fingerprint density at radius 2 is 1.94 bits per heavy atom. The number of rotatable bonds is 2. The first-order chi connectivity index (χ1) is 8.32. The average molecular weight is 328 g/mol. The van der Waals surface area contributed by atoms with Crippen molar-refractivity contribution in [3.8, 4) is 5.69 Å². The molecule has 1 aromatic carbocycles. The number of benzene rings is 1. The molecule has 18 heavy (non-hydrogen) atoms. The van der Waals surface area contributed by atoms with Crippen LogP contribution < -0.4 is 5.32 Å². The fourth-order valence-electron chi connectivity index (χ4n) is 1.91. The van der Waals surface area contributed by atoms with E-state index < -0.39 is 8.07 Å². The van der Waals surface area contributed by atoms with Crippen LogP contribution in [0.25, 0.3) is 5.69 Å². The maximum Gasteiger partial charge on any atom is 0.139 e. The summed E-state index contributed by atoms with van der Waals surface area (Å²) < 4.78 is 15.6. The topological polar surface area (TPSA) is 30.7 Å². The van der Waals surface area contributed by atoms with Gasteiger partial charge in [-0.15, -0.1) is 5.10 Å². The summed E-state index contributed by atoms with van der Waals surface area (Å²) in [4.78, 5) is 0. The zero-order valence-electron chi connectivity index (χ0n) is 10.8. The van der Waals surface area contributed by atoms with Crippen molar-refractivity contribution in [1.29, 1.82) is 0 Å². The second-order valence-corrected chi connectivity index (χ2v) is 11.0. The molecule has 0 N–H and O–H groups in total. The molecule has 2 aromatic rings. The zero-order chi connectivity index (χ0) is 13.5. The lowest BCUT2D eigenvalue weighted by molar-refractivity contribution is 0.617. The third kappa shape index (κ3) is 2.26. The number of aromatic nitrogens is 3. The minimum atomic E-state index is -1.52. The standard InChI is InChI=1S/C12H15BrFN3Si/c1-8-12(18(2,3)4)15-16-17(8)10-7-5-6-9(14)11(10)13/h5-7H,1-4H3. The van der Waals surface area contributed by atoms with Gasteiger partial charge in [-0.2, -0.15) is 0 Å². The van der Waals surface area contributed by atoms with Gasteiger partial charge < -0.3 is 0 Å². The van der Waals surface area contributed by atoms with Gasteiger partial charge in [-0.05, 0) is 35.0 Å². The Morgan fingerprint density at radius 3 is 2.50 bits per heavy atom. The van der Waals surface area contributed by atoms with Crippen LogP contribution in [0.15, 0.2) is 22.7 Å². The second kappa shape index (κ2) is 4.58. The Balaban J connectivity index is 2.60. The van der Waals surface area contributed by atoms with Crippen molar-refractivity contribution < 1.29 is 4.39 Å². The van der Waals surface area contributed by atoms with Crippen LogP contribution in [0.2, 0.25) is 19.6 Å². The van der Waals surface area contributed by atoms with E-state index in [-0.39, 0.29) is 5.82 Å². The van der Waals surface area contributed by atoms with Crippen LogP contribution in [0.5, 0.6) is 0 Å². The monoisotopic (exact) mass is 327 g/mol. The molecule has 0 unspecified atom stereocenters. The quantitative estimate of drug-likeness (QED) is 0.794. The molecule has 0 aliphatic heterocycles. The Bertz CT molecular complexity index is 589. The van der Waals surface area contributed by atoms with Crippen molar-refractivity contribution in [2.75, 3.05) is 0 Å². The largest absolute Gasteiger partial charge is 0.217 e. The normalized spacial score (nSPS) is 11.9. The molecule has 1 aromatic heterocycles. The molecule has 1 heterocycles. The highest BCUT2D eigenvalue weighted by molar-refractivity contribution is 9.10. The van der Waals surface area contributed by atoms with E-state index in [0.29, 0.717) is 10.2 Å². The Labute approximate surface area is 115 Å².